The second kappa shape index (κ2) is 11.9. The standard InChI is InChI=1S/C30H39NOS/c1-20(2)12-9-13-21(3)14-10-15-22(4)16-11-17-25-29(32)24(6)23(5)28-30(25)33-27-19-8-7-18-26(27)31-28/h7-8,12,14,16,18-19,29,32H,9-11,13,15,17H2,1-6H3/b21-14+,22-16+. The van der Waals surface area contributed by atoms with Gasteiger partial charge in [-0.05, 0) is 109 Å². The summed E-state index contributed by atoms with van der Waals surface area (Å²) in [7, 11) is 0. The Morgan fingerprint density at radius 3 is 2.27 bits per heavy atom. The summed E-state index contributed by atoms with van der Waals surface area (Å²) in [6.45, 7) is 12.9. The maximum Gasteiger partial charge on any atom is 0.0979 e. The Labute approximate surface area is 205 Å². The van der Waals surface area contributed by atoms with Crippen molar-refractivity contribution in [2.75, 3.05) is 0 Å². The third-order valence-electron chi connectivity index (χ3n) is 6.53. The van der Waals surface area contributed by atoms with Crippen LogP contribution < -0.4 is 0 Å². The molecule has 3 heteroatoms. The van der Waals surface area contributed by atoms with Gasteiger partial charge < -0.3 is 5.11 Å². The first kappa shape index (κ1) is 25.5. The highest BCUT2D eigenvalue weighted by Gasteiger charge is 2.31. The fourth-order valence-electron chi connectivity index (χ4n) is 4.28. The highest BCUT2D eigenvalue weighted by molar-refractivity contribution is 8.04. The first-order valence-corrected chi connectivity index (χ1v) is 13.0. The smallest absolute Gasteiger partial charge is 0.0979 e. The van der Waals surface area contributed by atoms with Crippen molar-refractivity contribution < 1.29 is 5.11 Å². The molecule has 0 radical (unpaired) electrons. The van der Waals surface area contributed by atoms with Gasteiger partial charge in [0.2, 0.25) is 0 Å². The van der Waals surface area contributed by atoms with Crippen LogP contribution >= 0.6 is 11.8 Å². The minimum atomic E-state index is -0.503. The Hall–Kier alpha value is -2.10. The van der Waals surface area contributed by atoms with Gasteiger partial charge in [-0.2, -0.15) is 0 Å². The SMILES string of the molecule is CC(C)=CCC/C(C)=C/CC/C(C)=C/CCC1=C2Sc3ccccc3N=C2C(C)=C(C)C1O. The maximum atomic E-state index is 11.1. The predicted octanol–water partition coefficient (Wildman–Crippen LogP) is 9.03. The third-order valence-corrected chi connectivity index (χ3v) is 7.76. The van der Waals surface area contributed by atoms with E-state index in [9.17, 15) is 5.11 Å². The number of para-hydroxylation sites is 1. The van der Waals surface area contributed by atoms with Gasteiger partial charge in [-0.15, -0.1) is 0 Å². The van der Waals surface area contributed by atoms with E-state index in [2.05, 4.69) is 71.0 Å². The number of rotatable bonds is 9. The van der Waals surface area contributed by atoms with Gasteiger partial charge >= 0.3 is 0 Å². The molecule has 1 atom stereocenters. The van der Waals surface area contributed by atoms with E-state index in [0.717, 1.165) is 71.5 Å². The summed E-state index contributed by atoms with van der Waals surface area (Å²) in [5.41, 5.74) is 9.65. The fraction of sp³-hybridized carbons (Fsp3) is 0.433. The first-order valence-electron chi connectivity index (χ1n) is 12.2. The molecule has 0 spiro atoms. The molecule has 33 heavy (non-hydrogen) atoms. The van der Waals surface area contributed by atoms with Crippen molar-refractivity contribution >= 4 is 23.2 Å². The molecule has 1 aliphatic carbocycles. The predicted molar refractivity (Wildman–Crippen MR) is 145 cm³/mol. The number of allylic oxidation sites excluding steroid dienone is 8. The van der Waals surface area contributed by atoms with Crippen LogP contribution in [0.25, 0.3) is 0 Å². The first-order chi connectivity index (χ1) is 15.8. The summed E-state index contributed by atoms with van der Waals surface area (Å²) in [5, 5.41) is 11.1. The van der Waals surface area contributed by atoms with Gasteiger partial charge in [0.15, 0.2) is 0 Å². The Bertz CT molecular complexity index is 1060. The van der Waals surface area contributed by atoms with Gasteiger partial charge in [0.1, 0.15) is 0 Å². The number of nitrogens with zero attached hydrogens (tertiary/aromatic N) is 1. The number of hydrogen-bond acceptors (Lipinski definition) is 3. The van der Waals surface area contributed by atoms with Gasteiger partial charge in [0, 0.05) is 9.80 Å². The Morgan fingerprint density at radius 1 is 0.939 bits per heavy atom. The van der Waals surface area contributed by atoms with E-state index in [1.165, 1.54) is 21.6 Å². The lowest BCUT2D eigenvalue weighted by atomic mass is 9.86. The van der Waals surface area contributed by atoms with Gasteiger partial charge in [0.05, 0.1) is 17.5 Å². The van der Waals surface area contributed by atoms with Crippen LogP contribution in [0.15, 0.2) is 90.7 Å². The number of aliphatic imine (C=N–C) groups is 1. The van der Waals surface area contributed by atoms with Gasteiger partial charge in [0.25, 0.3) is 0 Å². The number of fused-ring (bicyclic) bond motifs is 2. The average molecular weight is 462 g/mol. The molecule has 0 saturated carbocycles. The lowest BCUT2D eigenvalue weighted by Gasteiger charge is -2.31. The highest BCUT2D eigenvalue weighted by Crippen LogP contribution is 2.47. The minimum absolute atomic E-state index is 0.503. The van der Waals surface area contributed by atoms with Crippen LogP contribution in [0.5, 0.6) is 0 Å². The molecule has 0 saturated heterocycles. The van der Waals surface area contributed by atoms with Crippen LogP contribution in [-0.2, 0) is 0 Å². The van der Waals surface area contributed by atoms with Crippen molar-refractivity contribution in [1.82, 2.24) is 0 Å². The zero-order valence-corrected chi connectivity index (χ0v) is 22.0. The van der Waals surface area contributed by atoms with E-state index in [1.807, 2.05) is 13.0 Å². The van der Waals surface area contributed by atoms with Crippen molar-refractivity contribution in [1.29, 1.82) is 0 Å². The maximum absolute atomic E-state index is 11.1. The third kappa shape index (κ3) is 6.71. The number of aliphatic hydroxyl groups excluding tert-OH is 1. The van der Waals surface area contributed by atoms with Crippen LogP contribution in [-0.4, -0.2) is 16.9 Å². The molecule has 1 aliphatic heterocycles. The molecular weight excluding hydrogens is 422 g/mol. The largest absolute Gasteiger partial charge is 0.384 e. The lowest BCUT2D eigenvalue weighted by Crippen LogP contribution is -2.25. The van der Waals surface area contributed by atoms with Crippen molar-refractivity contribution in [3.05, 3.63) is 80.8 Å². The Morgan fingerprint density at radius 2 is 1.58 bits per heavy atom. The molecule has 1 aromatic rings. The van der Waals surface area contributed by atoms with Gasteiger partial charge in [-0.1, -0.05) is 58.8 Å². The van der Waals surface area contributed by atoms with Crippen molar-refractivity contribution in [2.45, 2.75) is 91.1 Å². The van der Waals surface area contributed by atoms with Crippen LogP contribution in [0.4, 0.5) is 5.69 Å². The van der Waals surface area contributed by atoms with Crippen molar-refractivity contribution in [2.24, 2.45) is 4.99 Å². The molecule has 1 unspecified atom stereocenters. The van der Waals surface area contributed by atoms with Crippen LogP contribution in [0.1, 0.15) is 80.1 Å². The summed E-state index contributed by atoms with van der Waals surface area (Å²) >= 11 is 1.76. The zero-order valence-electron chi connectivity index (χ0n) is 21.2. The molecule has 0 amide bonds. The molecule has 0 fully saturated rings. The number of benzene rings is 1. The Balaban J connectivity index is 1.63. The summed E-state index contributed by atoms with van der Waals surface area (Å²) in [6.07, 6.45) is 12.9. The molecular formula is C30H39NOS. The van der Waals surface area contributed by atoms with Gasteiger partial charge in [-0.25, -0.2) is 4.99 Å². The number of aliphatic hydroxyl groups is 1. The Kier molecular flexibility index (Phi) is 9.17. The van der Waals surface area contributed by atoms with E-state index in [0.29, 0.717) is 0 Å². The van der Waals surface area contributed by atoms with Crippen LogP contribution in [0.3, 0.4) is 0 Å². The van der Waals surface area contributed by atoms with E-state index >= 15 is 0 Å². The second-order valence-electron chi connectivity index (χ2n) is 9.59. The zero-order chi connectivity index (χ0) is 24.0. The minimum Gasteiger partial charge on any atom is -0.384 e. The van der Waals surface area contributed by atoms with Crippen molar-refractivity contribution in [3.8, 4) is 0 Å². The molecule has 3 rings (SSSR count). The van der Waals surface area contributed by atoms with E-state index in [-0.39, 0.29) is 0 Å². The average Bonchev–Trinajstić information content (AvgIpc) is 2.78. The fourth-order valence-corrected chi connectivity index (χ4v) is 5.50. The van der Waals surface area contributed by atoms with E-state index in [4.69, 9.17) is 4.99 Å². The molecule has 1 aromatic carbocycles. The summed E-state index contributed by atoms with van der Waals surface area (Å²) in [6, 6.07) is 8.29. The van der Waals surface area contributed by atoms with E-state index < -0.39 is 6.10 Å². The highest BCUT2D eigenvalue weighted by atomic mass is 32.2. The summed E-state index contributed by atoms with van der Waals surface area (Å²) in [5.74, 6) is 0. The molecule has 176 valence electrons. The molecule has 0 bridgehead atoms. The lowest BCUT2D eigenvalue weighted by molar-refractivity contribution is 0.240. The molecule has 1 heterocycles. The van der Waals surface area contributed by atoms with Crippen molar-refractivity contribution in [3.63, 3.8) is 0 Å². The topological polar surface area (TPSA) is 32.6 Å². The normalized spacial score (nSPS) is 18.8. The molecule has 1 N–H and O–H groups in total. The summed E-state index contributed by atoms with van der Waals surface area (Å²) in [4.78, 5) is 7.29. The monoisotopic (exact) mass is 461 g/mol. The molecule has 0 aromatic heterocycles. The van der Waals surface area contributed by atoms with Crippen LogP contribution in [0, 0.1) is 0 Å². The van der Waals surface area contributed by atoms with E-state index in [1.54, 1.807) is 11.8 Å². The number of thioether (sulfide) groups is 1. The number of hydrogen-bond donors (Lipinski definition) is 1. The summed E-state index contributed by atoms with van der Waals surface area (Å²) < 4.78 is 0. The molecule has 2 nitrogen and oxygen atoms in total. The quantitative estimate of drug-likeness (QED) is 0.372. The second-order valence-corrected chi connectivity index (χ2v) is 10.6. The van der Waals surface area contributed by atoms with Crippen LogP contribution in [0.2, 0.25) is 0 Å². The molecule has 2 aliphatic rings. The van der Waals surface area contributed by atoms with Gasteiger partial charge in [-0.3, -0.25) is 0 Å².